The SMILES string of the molecule is Nc1ccc(C(=O)Nc2nn(-c3ccccc3)cc2N)cc1. The zero-order chi connectivity index (χ0) is 15.5. The van der Waals surface area contributed by atoms with E-state index < -0.39 is 0 Å². The predicted molar refractivity (Wildman–Crippen MR) is 86.8 cm³/mol. The van der Waals surface area contributed by atoms with Crippen LogP contribution in [0.4, 0.5) is 17.2 Å². The minimum absolute atomic E-state index is 0.287. The van der Waals surface area contributed by atoms with Gasteiger partial charge in [-0.25, -0.2) is 4.68 Å². The van der Waals surface area contributed by atoms with Crippen molar-refractivity contribution in [2.75, 3.05) is 16.8 Å². The van der Waals surface area contributed by atoms with Gasteiger partial charge < -0.3 is 16.8 Å². The maximum Gasteiger partial charge on any atom is 0.256 e. The molecule has 0 spiro atoms. The summed E-state index contributed by atoms with van der Waals surface area (Å²) in [7, 11) is 0. The molecule has 1 heterocycles. The van der Waals surface area contributed by atoms with Gasteiger partial charge in [0.2, 0.25) is 0 Å². The second kappa shape index (κ2) is 5.61. The molecule has 6 nitrogen and oxygen atoms in total. The van der Waals surface area contributed by atoms with E-state index in [1.807, 2.05) is 30.3 Å². The lowest BCUT2D eigenvalue weighted by atomic mass is 10.2. The first kappa shape index (κ1) is 13.7. The highest BCUT2D eigenvalue weighted by Crippen LogP contribution is 2.19. The van der Waals surface area contributed by atoms with Gasteiger partial charge in [-0.3, -0.25) is 4.79 Å². The highest BCUT2D eigenvalue weighted by atomic mass is 16.1. The Hall–Kier alpha value is -3.28. The zero-order valence-electron chi connectivity index (χ0n) is 11.7. The van der Waals surface area contributed by atoms with Crippen molar-refractivity contribution in [2.24, 2.45) is 0 Å². The number of nitrogen functional groups attached to an aromatic ring is 2. The second-order valence-electron chi connectivity index (χ2n) is 4.79. The van der Waals surface area contributed by atoms with Crippen LogP contribution in [0.2, 0.25) is 0 Å². The second-order valence-corrected chi connectivity index (χ2v) is 4.79. The number of nitrogens with one attached hydrogen (secondary N) is 1. The smallest absolute Gasteiger partial charge is 0.256 e. The van der Waals surface area contributed by atoms with Crippen molar-refractivity contribution in [3.8, 4) is 5.69 Å². The average Bonchev–Trinajstić information content (AvgIpc) is 2.90. The number of nitrogens with zero attached hydrogens (tertiary/aromatic N) is 2. The molecule has 0 saturated heterocycles. The topological polar surface area (TPSA) is 99.0 Å². The molecule has 0 radical (unpaired) electrons. The lowest BCUT2D eigenvalue weighted by Crippen LogP contribution is -2.13. The molecule has 2 aromatic carbocycles. The first-order valence-electron chi connectivity index (χ1n) is 6.71. The normalized spacial score (nSPS) is 10.4. The van der Waals surface area contributed by atoms with Crippen LogP contribution in [0, 0.1) is 0 Å². The molecule has 0 atom stereocenters. The first-order chi connectivity index (χ1) is 10.6. The zero-order valence-corrected chi connectivity index (χ0v) is 11.7. The molecular formula is C16H15N5O. The van der Waals surface area contributed by atoms with Crippen molar-refractivity contribution in [3.05, 3.63) is 66.4 Å². The number of amides is 1. The summed E-state index contributed by atoms with van der Waals surface area (Å²) in [6.45, 7) is 0. The van der Waals surface area contributed by atoms with Gasteiger partial charge in [-0.2, -0.15) is 0 Å². The van der Waals surface area contributed by atoms with Gasteiger partial charge in [-0.15, -0.1) is 5.10 Å². The minimum atomic E-state index is -0.287. The van der Waals surface area contributed by atoms with Crippen molar-refractivity contribution in [1.29, 1.82) is 0 Å². The number of rotatable bonds is 3. The predicted octanol–water partition coefficient (Wildman–Crippen LogP) is 2.29. The van der Waals surface area contributed by atoms with Gasteiger partial charge in [0.05, 0.1) is 17.6 Å². The van der Waals surface area contributed by atoms with Gasteiger partial charge in [0, 0.05) is 11.3 Å². The molecule has 1 aromatic heterocycles. The number of carbonyl (C=O) groups excluding carboxylic acids is 1. The fraction of sp³-hybridized carbons (Fsp3) is 0. The maximum absolute atomic E-state index is 12.2. The van der Waals surface area contributed by atoms with Gasteiger partial charge in [0.15, 0.2) is 5.82 Å². The van der Waals surface area contributed by atoms with Gasteiger partial charge in [0.25, 0.3) is 5.91 Å². The third kappa shape index (κ3) is 2.76. The lowest BCUT2D eigenvalue weighted by Gasteiger charge is -2.03. The molecule has 0 unspecified atom stereocenters. The highest BCUT2D eigenvalue weighted by molar-refractivity contribution is 6.05. The van der Waals surface area contributed by atoms with Crippen molar-refractivity contribution in [2.45, 2.75) is 0 Å². The van der Waals surface area contributed by atoms with Crippen LogP contribution in [0.5, 0.6) is 0 Å². The van der Waals surface area contributed by atoms with Gasteiger partial charge in [-0.1, -0.05) is 18.2 Å². The Bertz CT molecular complexity index is 793. The first-order valence-corrected chi connectivity index (χ1v) is 6.71. The van der Waals surface area contributed by atoms with E-state index in [9.17, 15) is 4.79 Å². The van der Waals surface area contributed by atoms with Gasteiger partial charge >= 0.3 is 0 Å². The number of hydrogen-bond donors (Lipinski definition) is 3. The molecule has 1 amide bonds. The molecule has 3 aromatic rings. The van der Waals surface area contributed by atoms with Gasteiger partial charge in [0.1, 0.15) is 0 Å². The van der Waals surface area contributed by atoms with E-state index in [0.29, 0.717) is 22.8 Å². The van der Waals surface area contributed by atoms with Crippen LogP contribution in [0.1, 0.15) is 10.4 Å². The standard InChI is InChI=1S/C16H15N5O/c17-12-8-6-11(7-9-12)16(22)19-15-14(18)10-21(20-15)13-4-2-1-3-5-13/h1-10H,17-18H2,(H,19,20,22). The molecule has 5 N–H and O–H groups in total. The Labute approximate surface area is 127 Å². The Morgan fingerprint density at radius 3 is 2.36 bits per heavy atom. The lowest BCUT2D eigenvalue weighted by molar-refractivity contribution is 0.102. The van der Waals surface area contributed by atoms with E-state index in [1.165, 1.54) is 0 Å². The molecule has 110 valence electrons. The van der Waals surface area contributed by atoms with E-state index in [4.69, 9.17) is 11.5 Å². The van der Waals surface area contributed by atoms with Crippen molar-refractivity contribution < 1.29 is 4.79 Å². The van der Waals surface area contributed by atoms with Crippen LogP contribution in [0.25, 0.3) is 5.69 Å². The monoisotopic (exact) mass is 293 g/mol. The fourth-order valence-electron chi connectivity index (χ4n) is 2.01. The number of anilines is 3. The molecule has 0 fully saturated rings. The van der Waals surface area contributed by atoms with Crippen LogP contribution >= 0.6 is 0 Å². The third-order valence-corrected chi connectivity index (χ3v) is 3.17. The van der Waals surface area contributed by atoms with E-state index in [1.54, 1.807) is 35.1 Å². The number of carbonyl (C=O) groups is 1. The van der Waals surface area contributed by atoms with Crippen molar-refractivity contribution in [1.82, 2.24) is 9.78 Å². The van der Waals surface area contributed by atoms with E-state index >= 15 is 0 Å². The number of benzene rings is 2. The van der Waals surface area contributed by atoms with Crippen LogP contribution in [-0.2, 0) is 0 Å². The highest BCUT2D eigenvalue weighted by Gasteiger charge is 2.12. The van der Waals surface area contributed by atoms with E-state index in [-0.39, 0.29) is 5.91 Å². The minimum Gasteiger partial charge on any atom is -0.399 e. The largest absolute Gasteiger partial charge is 0.399 e. The molecular weight excluding hydrogens is 278 g/mol. The molecule has 0 aliphatic heterocycles. The summed E-state index contributed by atoms with van der Waals surface area (Å²) >= 11 is 0. The van der Waals surface area contributed by atoms with Crippen molar-refractivity contribution >= 4 is 23.1 Å². The number of aromatic nitrogens is 2. The third-order valence-electron chi connectivity index (χ3n) is 3.17. The average molecular weight is 293 g/mol. The molecule has 3 rings (SSSR count). The summed E-state index contributed by atoms with van der Waals surface area (Å²) in [6, 6.07) is 16.2. The Balaban J connectivity index is 1.82. The van der Waals surface area contributed by atoms with Gasteiger partial charge in [-0.05, 0) is 36.4 Å². The van der Waals surface area contributed by atoms with Crippen LogP contribution < -0.4 is 16.8 Å². The van der Waals surface area contributed by atoms with Crippen LogP contribution in [-0.4, -0.2) is 15.7 Å². The summed E-state index contributed by atoms with van der Waals surface area (Å²) in [5, 5.41) is 7.00. The molecule has 0 bridgehead atoms. The maximum atomic E-state index is 12.2. The summed E-state index contributed by atoms with van der Waals surface area (Å²) in [5.74, 6) is 0.0377. The number of hydrogen-bond acceptors (Lipinski definition) is 4. The fourth-order valence-corrected chi connectivity index (χ4v) is 2.01. The Morgan fingerprint density at radius 1 is 1.00 bits per heavy atom. The molecule has 0 aliphatic rings. The molecule has 22 heavy (non-hydrogen) atoms. The summed E-state index contributed by atoms with van der Waals surface area (Å²) in [5.41, 5.74) is 13.9. The van der Waals surface area contributed by atoms with Crippen LogP contribution in [0.15, 0.2) is 60.8 Å². The number of nitrogens with two attached hydrogens (primary N) is 2. The molecule has 0 saturated carbocycles. The number of para-hydroxylation sites is 1. The van der Waals surface area contributed by atoms with E-state index in [2.05, 4.69) is 10.4 Å². The summed E-state index contributed by atoms with van der Waals surface area (Å²) in [6.07, 6.45) is 1.66. The molecule has 0 aliphatic carbocycles. The Kier molecular flexibility index (Phi) is 3.49. The van der Waals surface area contributed by atoms with Crippen molar-refractivity contribution in [3.63, 3.8) is 0 Å². The van der Waals surface area contributed by atoms with Crippen LogP contribution in [0.3, 0.4) is 0 Å². The summed E-state index contributed by atoms with van der Waals surface area (Å²) < 4.78 is 1.62. The molecule has 6 heteroatoms. The van der Waals surface area contributed by atoms with E-state index in [0.717, 1.165) is 5.69 Å². The quantitative estimate of drug-likeness (QED) is 0.645. The summed E-state index contributed by atoms with van der Waals surface area (Å²) in [4.78, 5) is 12.2. The Morgan fingerprint density at radius 2 is 1.68 bits per heavy atom.